The van der Waals surface area contributed by atoms with Crippen LogP contribution in [0.1, 0.15) is 37.3 Å². The SMILES string of the molecule is CCC(C)c1ccc(Oc2cc(F)cc(C#N)c2)cc1. The van der Waals surface area contributed by atoms with Gasteiger partial charge >= 0.3 is 0 Å². The van der Waals surface area contributed by atoms with E-state index >= 15 is 0 Å². The van der Waals surface area contributed by atoms with Gasteiger partial charge < -0.3 is 4.74 Å². The standard InChI is InChI=1S/C17H16FNO/c1-3-12(2)14-4-6-16(7-5-14)20-17-9-13(11-19)8-15(18)10-17/h4-10,12H,3H2,1-2H3. The summed E-state index contributed by atoms with van der Waals surface area (Å²) in [7, 11) is 0. The Bertz CT molecular complexity index is 628. The van der Waals surface area contributed by atoms with E-state index < -0.39 is 5.82 Å². The average Bonchev–Trinajstić information content (AvgIpc) is 2.46. The van der Waals surface area contributed by atoms with Gasteiger partial charge in [-0.3, -0.25) is 0 Å². The third-order valence-electron chi connectivity index (χ3n) is 3.30. The van der Waals surface area contributed by atoms with Crippen LogP contribution in [0, 0.1) is 17.1 Å². The Morgan fingerprint density at radius 2 is 1.85 bits per heavy atom. The molecule has 102 valence electrons. The van der Waals surface area contributed by atoms with Gasteiger partial charge in [0.1, 0.15) is 17.3 Å². The molecule has 0 N–H and O–H groups in total. The molecule has 0 aliphatic rings. The molecule has 0 aromatic heterocycles. The molecule has 0 spiro atoms. The lowest BCUT2D eigenvalue weighted by molar-refractivity contribution is 0.476. The Balaban J connectivity index is 2.18. The van der Waals surface area contributed by atoms with Gasteiger partial charge in [0.2, 0.25) is 0 Å². The first-order chi connectivity index (χ1) is 9.62. The van der Waals surface area contributed by atoms with Gasteiger partial charge in [-0.05, 0) is 42.2 Å². The zero-order chi connectivity index (χ0) is 14.5. The van der Waals surface area contributed by atoms with Crippen LogP contribution in [-0.4, -0.2) is 0 Å². The largest absolute Gasteiger partial charge is 0.457 e. The summed E-state index contributed by atoms with van der Waals surface area (Å²) >= 11 is 0. The number of hydrogen-bond donors (Lipinski definition) is 0. The molecular weight excluding hydrogens is 253 g/mol. The molecule has 1 unspecified atom stereocenters. The smallest absolute Gasteiger partial charge is 0.131 e. The molecule has 0 heterocycles. The Kier molecular flexibility index (Phi) is 4.37. The van der Waals surface area contributed by atoms with Crippen molar-refractivity contribution >= 4 is 0 Å². The molecule has 2 aromatic carbocycles. The van der Waals surface area contributed by atoms with E-state index in [9.17, 15) is 4.39 Å². The van der Waals surface area contributed by atoms with E-state index in [4.69, 9.17) is 10.00 Å². The highest BCUT2D eigenvalue weighted by molar-refractivity contribution is 5.40. The maximum atomic E-state index is 13.3. The summed E-state index contributed by atoms with van der Waals surface area (Å²) in [5.41, 5.74) is 1.49. The quantitative estimate of drug-likeness (QED) is 0.782. The first kappa shape index (κ1) is 14.1. The van der Waals surface area contributed by atoms with E-state index in [1.165, 1.54) is 23.8 Å². The van der Waals surface area contributed by atoms with E-state index in [1.54, 1.807) is 0 Å². The summed E-state index contributed by atoms with van der Waals surface area (Å²) in [5, 5.41) is 8.80. The third kappa shape index (κ3) is 3.36. The lowest BCUT2D eigenvalue weighted by Gasteiger charge is -2.10. The van der Waals surface area contributed by atoms with Gasteiger partial charge in [-0.15, -0.1) is 0 Å². The van der Waals surface area contributed by atoms with Crippen LogP contribution >= 0.6 is 0 Å². The van der Waals surface area contributed by atoms with Gasteiger partial charge in [0.05, 0.1) is 11.6 Å². The fourth-order valence-electron chi connectivity index (χ4n) is 1.92. The number of ether oxygens (including phenoxy) is 1. The van der Waals surface area contributed by atoms with Gasteiger partial charge in [-0.1, -0.05) is 26.0 Å². The van der Waals surface area contributed by atoms with Crippen LogP contribution in [0.25, 0.3) is 0 Å². The van der Waals surface area contributed by atoms with Gasteiger partial charge in [0.15, 0.2) is 0 Å². The van der Waals surface area contributed by atoms with Crippen molar-refractivity contribution in [3.63, 3.8) is 0 Å². The first-order valence-electron chi connectivity index (χ1n) is 6.61. The van der Waals surface area contributed by atoms with Crippen LogP contribution < -0.4 is 4.74 Å². The number of halogens is 1. The number of hydrogen-bond acceptors (Lipinski definition) is 2. The van der Waals surface area contributed by atoms with Crippen molar-refractivity contribution in [1.82, 2.24) is 0 Å². The van der Waals surface area contributed by atoms with Gasteiger partial charge in [0, 0.05) is 6.07 Å². The average molecular weight is 269 g/mol. The van der Waals surface area contributed by atoms with Crippen molar-refractivity contribution in [3.8, 4) is 17.6 Å². The second-order valence-electron chi connectivity index (χ2n) is 4.77. The van der Waals surface area contributed by atoms with Crippen LogP contribution in [-0.2, 0) is 0 Å². The zero-order valence-corrected chi connectivity index (χ0v) is 11.6. The lowest BCUT2D eigenvalue weighted by atomic mass is 9.99. The van der Waals surface area contributed by atoms with Crippen molar-refractivity contribution in [2.75, 3.05) is 0 Å². The van der Waals surface area contributed by atoms with Crippen molar-refractivity contribution in [2.24, 2.45) is 0 Å². The molecule has 2 rings (SSSR count). The predicted molar refractivity (Wildman–Crippen MR) is 76.3 cm³/mol. The van der Waals surface area contributed by atoms with Crippen molar-refractivity contribution in [1.29, 1.82) is 5.26 Å². The fourth-order valence-corrected chi connectivity index (χ4v) is 1.92. The van der Waals surface area contributed by atoms with Crippen molar-refractivity contribution in [2.45, 2.75) is 26.2 Å². The number of benzene rings is 2. The van der Waals surface area contributed by atoms with Crippen molar-refractivity contribution in [3.05, 3.63) is 59.4 Å². The monoisotopic (exact) mass is 269 g/mol. The zero-order valence-electron chi connectivity index (χ0n) is 11.6. The maximum Gasteiger partial charge on any atom is 0.131 e. The van der Waals surface area contributed by atoms with Crippen LogP contribution in [0.4, 0.5) is 4.39 Å². The second kappa shape index (κ2) is 6.21. The normalized spacial score (nSPS) is 11.7. The highest BCUT2D eigenvalue weighted by atomic mass is 19.1. The summed E-state index contributed by atoms with van der Waals surface area (Å²) in [4.78, 5) is 0. The molecule has 0 aliphatic heterocycles. The molecule has 2 nitrogen and oxygen atoms in total. The van der Waals surface area contributed by atoms with Gasteiger partial charge in [-0.25, -0.2) is 4.39 Å². The highest BCUT2D eigenvalue weighted by Crippen LogP contribution is 2.26. The summed E-state index contributed by atoms with van der Waals surface area (Å²) in [6.07, 6.45) is 1.08. The topological polar surface area (TPSA) is 33.0 Å². The minimum absolute atomic E-state index is 0.247. The molecule has 0 fully saturated rings. The molecule has 3 heteroatoms. The van der Waals surface area contributed by atoms with Crippen LogP contribution in [0.3, 0.4) is 0 Å². The molecule has 20 heavy (non-hydrogen) atoms. The third-order valence-corrected chi connectivity index (χ3v) is 3.30. The summed E-state index contributed by atoms with van der Waals surface area (Å²) in [6, 6.07) is 13.6. The maximum absolute atomic E-state index is 13.3. The van der Waals surface area contributed by atoms with E-state index in [0.717, 1.165) is 6.42 Å². The molecule has 0 saturated heterocycles. The minimum atomic E-state index is -0.477. The van der Waals surface area contributed by atoms with Crippen LogP contribution in [0.5, 0.6) is 11.5 Å². The molecular formula is C17H16FNO. The van der Waals surface area contributed by atoms with Crippen LogP contribution in [0.2, 0.25) is 0 Å². The Morgan fingerprint density at radius 3 is 2.45 bits per heavy atom. The van der Waals surface area contributed by atoms with E-state index in [1.807, 2.05) is 30.3 Å². The molecule has 2 aromatic rings. The molecule has 0 radical (unpaired) electrons. The Hall–Kier alpha value is -2.34. The number of nitrogens with zero attached hydrogens (tertiary/aromatic N) is 1. The Morgan fingerprint density at radius 1 is 1.15 bits per heavy atom. The molecule has 0 amide bonds. The van der Waals surface area contributed by atoms with Crippen molar-refractivity contribution < 1.29 is 9.13 Å². The number of rotatable bonds is 4. The van der Waals surface area contributed by atoms with E-state index in [2.05, 4.69) is 13.8 Å². The molecule has 0 aliphatic carbocycles. The van der Waals surface area contributed by atoms with E-state index in [0.29, 0.717) is 17.4 Å². The van der Waals surface area contributed by atoms with Gasteiger partial charge in [0.25, 0.3) is 0 Å². The molecule has 1 atom stereocenters. The fraction of sp³-hybridized carbons (Fsp3) is 0.235. The van der Waals surface area contributed by atoms with E-state index in [-0.39, 0.29) is 5.56 Å². The second-order valence-corrected chi connectivity index (χ2v) is 4.77. The lowest BCUT2D eigenvalue weighted by Crippen LogP contribution is -1.92. The number of nitriles is 1. The molecule has 0 saturated carbocycles. The summed E-state index contributed by atoms with van der Waals surface area (Å²) in [5.74, 6) is 0.989. The van der Waals surface area contributed by atoms with Crippen LogP contribution in [0.15, 0.2) is 42.5 Å². The summed E-state index contributed by atoms with van der Waals surface area (Å²) in [6.45, 7) is 4.31. The molecule has 0 bridgehead atoms. The highest BCUT2D eigenvalue weighted by Gasteiger charge is 2.05. The first-order valence-corrected chi connectivity index (χ1v) is 6.61. The predicted octanol–water partition coefficient (Wildman–Crippen LogP) is 5.00. The minimum Gasteiger partial charge on any atom is -0.457 e. The summed E-state index contributed by atoms with van der Waals surface area (Å²) < 4.78 is 18.9. The Labute approximate surface area is 118 Å². The van der Waals surface area contributed by atoms with Gasteiger partial charge in [-0.2, -0.15) is 5.26 Å².